The van der Waals surface area contributed by atoms with Crippen LogP contribution in [0, 0.1) is 0 Å². The quantitative estimate of drug-likeness (QED) is 0.831. The topological polar surface area (TPSA) is 54.3 Å². The van der Waals surface area contributed by atoms with Crippen LogP contribution in [0.15, 0.2) is 18.5 Å². The van der Waals surface area contributed by atoms with Crippen molar-refractivity contribution in [1.82, 2.24) is 9.88 Å². The molecule has 0 aromatic carbocycles. The Balaban J connectivity index is 1.79. The summed E-state index contributed by atoms with van der Waals surface area (Å²) < 4.78 is 1.81. The third kappa shape index (κ3) is 3.60. The van der Waals surface area contributed by atoms with Gasteiger partial charge in [-0.15, -0.1) is 0 Å². The highest BCUT2D eigenvalue weighted by Gasteiger charge is 2.15. The molecular formula is C13H20N2O2. The maximum Gasteiger partial charge on any atom is 0.240 e. The van der Waals surface area contributed by atoms with Crippen LogP contribution in [0.5, 0.6) is 0 Å². The van der Waals surface area contributed by atoms with Gasteiger partial charge < -0.3 is 15.0 Å². The van der Waals surface area contributed by atoms with E-state index in [4.69, 9.17) is 5.11 Å². The summed E-state index contributed by atoms with van der Waals surface area (Å²) in [5.74, 6) is 0.0667. The number of aromatic nitrogens is 1. The summed E-state index contributed by atoms with van der Waals surface area (Å²) >= 11 is 0. The van der Waals surface area contributed by atoms with Crippen molar-refractivity contribution in [3.63, 3.8) is 0 Å². The highest BCUT2D eigenvalue weighted by atomic mass is 16.3. The molecule has 0 atom stereocenters. The summed E-state index contributed by atoms with van der Waals surface area (Å²) in [5.41, 5.74) is 0.843. The van der Waals surface area contributed by atoms with Gasteiger partial charge in [-0.2, -0.15) is 0 Å². The Kier molecular flexibility index (Phi) is 4.20. The van der Waals surface area contributed by atoms with Gasteiger partial charge in [0.05, 0.1) is 6.61 Å². The van der Waals surface area contributed by atoms with E-state index in [2.05, 4.69) is 5.32 Å². The number of nitrogens with zero attached hydrogens (tertiary/aromatic N) is 1. The molecule has 1 aliphatic carbocycles. The number of hydrogen-bond acceptors (Lipinski definition) is 2. The van der Waals surface area contributed by atoms with Crippen LogP contribution in [-0.4, -0.2) is 21.6 Å². The van der Waals surface area contributed by atoms with Gasteiger partial charge in [0.2, 0.25) is 5.91 Å². The SMILES string of the molecule is O=C(Cn1ccc(CO)c1)NC1CCCCC1. The monoisotopic (exact) mass is 236 g/mol. The van der Waals surface area contributed by atoms with E-state index >= 15 is 0 Å². The molecule has 4 heteroatoms. The number of carbonyl (C=O) groups is 1. The standard InChI is InChI=1S/C13H20N2O2/c16-10-11-6-7-15(8-11)9-13(17)14-12-4-2-1-3-5-12/h6-8,12,16H,1-5,9-10H2,(H,14,17). The van der Waals surface area contributed by atoms with Gasteiger partial charge >= 0.3 is 0 Å². The van der Waals surface area contributed by atoms with Crippen molar-refractivity contribution in [2.24, 2.45) is 0 Å². The van der Waals surface area contributed by atoms with Crippen LogP contribution in [0.4, 0.5) is 0 Å². The smallest absolute Gasteiger partial charge is 0.240 e. The maximum atomic E-state index is 11.8. The molecule has 0 spiro atoms. The summed E-state index contributed by atoms with van der Waals surface area (Å²) in [6.45, 7) is 0.369. The Hall–Kier alpha value is -1.29. The van der Waals surface area contributed by atoms with Crippen molar-refractivity contribution in [2.45, 2.75) is 51.3 Å². The van der Waals surface area contributed by atoms with Crippen molar-refractivity contribution >= 4 is 5.91 Å². The largest absolute Gasteiger partial charge is 0.392 e. The third-order valence-electron chi connectivity index (χ3n) is 3.29. The molecule has 17 heavy (non-hydrogen) atoms. The highest BCUT2D eigenvalue weighted by Crippen LogP contribution is 2.17. The predicted molar refractivity (Wildman–Crippen MR) is 65.4 cm³/mol. The Morgan fingerprint density at radius 3 is 2.82 bits per heavy atom. The molecule has 0 aliphatic heterocycles. The molecule has 1 heterocycles. The average molecular weight is 236 g/mol. The second kappa shape index (κ2) is 5.87. The molecule has 4 nitrogen and oxygen atoms in total. The minimum Gasteiger partial charge on any atom is -0.392 e. The fraction of sp³-hybridized carbons (Fsp3) is 0.615. The van der Waals surface area contributed by atoms with E-state index in [9.17, 15) is 4.79 Å². The van der Waals surface area contributed by atoms with Gasteiger partial charge in [-0.1, -0.05) is 19.3 Å². The molecule has 0 bridgehead atoms. The zero-order chi connectivity index (χ0) is 12.1. The maximum absolute atomic E-state index is 11.8. The highest BCUT2D eigenvalue weighted by molar-refractivity contribution is 5.76. The molecule has 0 radical (unpaired) electrons. The summed E-state index contributed by atoms with van der Waals surface area (Å²) in [5, 5.41) is 12.0. The van der Waals surface area contributed by atoms with Gasteiger partial charge in [0, 0.05) is 18.4 Å². The lowest BCUT2D eigenvalue weighted by Crippen LogP contribution is -2.37. The average Bonchev–Trinajstić information content (AvgIpc) is 2.78. The van der Waals surface area contributed by atoms with E-state index in [1.807, 2.05) is 16.8 Å². The summed E-state index contributed by atoms with van der Waals surface area (Å²) in [4.78, 5) is 11.8. The molecule has 1 saturated carbocycles. The molecule has 2 rings (SSSR count). The number of amides is 1. The van der Waals surface area contributed by atoms with Crippen LogP contribution >= 0.6 is 0 Å². The van der Waals surface area contributed by atoms with Gasteiger partial charge in [-0.25, -0.2) is 0 Å². The van der Waals surface area contributed by atoms with Gasteiger partial charge in [0.25, 0.3) is 0 Å². The molecule has 1 amide bonds. The van der Waals surface area contributed by atoms with Crippen molar-refractivity contribution in [3.8, 4) is 0 Å². The first-order valence-corrected chi connectivity index (χ1v) is 6.33. The number of rotatable bonds is 4. The van der Waals surface area contributed by atoms with Gasteiger partial charge in [-0.3, -0.25) is 4.79 Å². The summed E-state index contributed by atoms with van der Waals surface area (Å²) in [6, 6.07) is 2.19. The van der Waals surface area contributed by atoms with Gasteiger partial charge in [0.15, 0.2) is 0 Å². The fourth-order valence-electron chi connectivity index (χ4n) is 2.37. The predicted octanol–water partition coefficient (Wildman–Crippen LogP) is 1.43. The van der Waals surface area contributed by atoms with E-state index in [-0.39, 0.29) is 12.5 Å². The van der Waals surface area contributed by atoms with Gasteiger partial charge in [-0.05, 0) is 24.5 Å². The minimum atomic E-state index is 0.0250. The molecule has 94 valence electrons. The second-order valence-corrected chi connectivity index (χ2v) is 4.75. The molecule has 1 aromatic rings. The molecule has 1 aromatic heterocycles. The summed E-state index contributed by atoms with van der Waals surface area (Å²) in [6.07, 6.45) is 9.60. The molecule has 1 aliphatic rings. The van der Waals surface area contributed by atoms with E-state index in [1.54, 1.807) is 6.20 Å². The van der Waals surface area contributed by atoms with Crippen LogP contribution in [0.1, 0.15) is 37.7 Å². The van der Waals surface area contributed by atoms with E-state index in [0.29, 0.717) is 12.6 Å². The number of hydrogen-bond donors (Lipinski definition) is 2. The lowest BCUT2D eigenvalue weighted by Gasteiger charge is -2.22. The number of aliphatic hydroxyl groups is 1. The van der Waals surface area contributed by atoms with Crippen molar-refractivity contribution in [3.05, 3.63) is 24.0 Å². The van der Waals surface area contributed by atoms with Crippen LogP contribution in [0.2, 0.25) is 0 Å². The third-order valence-corrected chi connectivity index (χ3v) is 3.29. The Morgan fingerprint density at radius 2 is 2.18 bits per heavy atom. The zero-order valence-corrected chi connectivity index (χ0v) is 10.1. The Bertz CT molecular complexity index is 367. The van der Waals surface area contributed by atoms with Crippen molar-refractivity contribution in [2.75, 3.05) is 0 Å². The van der Waals surface area contributed by atoms with Crippen LogP contribution in [0.3, 0.4) is 0 Å². The first kappa shape index (κ1) is 12.2. The molecular weight excluding hydrogens is 216 g/mol. The minimum absolute atomic E-state index is 0.0250. The zero-order valence-electron chi connectivity index (χ0n) is 10.1. The van der Waals surface area contributed by atoms with Crippen LogP contribution < -0.4 is 5.32 Å². The summed E-state index contributed by atoms with van der Waals surface area (Å²) in [7, 11) is 0. The molecule has 0 saturated heterocycles. The van der Waals surface area contributed by atoms with E-state index < -0.39 is 0 Å². The first-order valence-electron chi connectivity index (χ1n) is 6.33. The lowest BCUT2D eigenvalue weighted by molar-refractivity contribution is -0.122. The number of aliphatic hydroxyl groups excluding tert-OH is 1. The lowest BCUT2D eigenvalue weighted by atomic mass is 9.95. The first-order chi connectivity index (χ1) is 8.28. The van der Waals surface area contributed by atoms with Crippen LogP contribution in [-0.2, 0) is 17.9 Å². The van der Waals surface area contributed by atoms with E-state index in [1.165, 1.54) is 19.3 Å². The van der Waals surface area contributed by atoms with Gasteiger partial charge in [0.1, 0.15) is 6.54 Å². The number of carbonyl (C=O) groups excluding carboxylic acids is 1. The molecule has 1 fully saturated rings. The molecule has 2 N–H and O–H groups in total. The number of nitrogens with one attached hydrogen (secondary N) is 1. The van der Waals surface area contributed by atoms with Crippen LogP contribution in [0.25, 0.3) is 0 Å². The fourth-order valence-corrected chi connectivity index (χ4v) is 2.37. The van der Waals surface area contributed by atoms with E-state index in [0.717, 1.165) is 18.4 Å². The van der Waals surface area contributed by atoms with Crippen molar-refractivity contribution in [1.29, 1.82) is 0 Å². The Labute approximate surface area is 102 Å². The second-order valence-electron chi connectivity index (χ2n) is 4.75. The molecule has 0 unspecified atom stereocenters. The van der Waals surface area contributed by atoms with Crippen molar-refractivity contribution < 1.29 is 9.90 Å². The Morgan fingerprint density at radius 1 is 1.41 bits per heavy atom. The normalized spacial score (nSPS) is 17.0.